The zero-order valence-corrected chi connectivity index (χ0v) is 12.1. The smallest absolute Gasteiger partial charge is 0.318 e. The summed E-state index contributed by atoms with van der Waals surface area (Å²) in [5.74, 6) is 0.769. The Kier molecular flexibility index (Phi) is 4.94. The van der Waals surface area contributed by atoms with E-state index >= 15 is 0 Å². The second-order valence-corrected chi connectivity index (χ2v) is 5.61. The monoisotopic (exact) mass is 281 g/mol. The summed E-state index contributed by atoms with van der Waals surface area (Å²) in [6, 6.07) is 0.956. The van der Waals surface area contributed by atoms with Crippen molar-refractivity contribution in [2.24, 2.45) is 11.7 Å². The molecule has 1 aliphatic heterocycles. The second kappa shape index (κ2) is 6.69. The normalized spacial score (nSPS) is 16.9. The summed E-state index contributed by atoms with van der Waals surface area (Å²) in [5, 5.41) is 11.4. The molecule has 0 radical (unpaired) electrons. The minimum Gasteiger partial charge on any atom is -0.407 e. The van der Waals surface area contributed by atoms with Crippen LogP contribution < -0.4 is 16.0 Å². The fourth-order valence-corrected chi connectivity index (χ4v) is 2.35. The summed E-state index contributed by atoms with van der Waals surface area (Å²) in [5.41, 5.74) is 5.23. The van der Waals surface area contributed by atoms with E-state index in [2.05, 4.69) is 34.3 Å². The molecule has 0 aromatic carbocycles. The van der Waals surface area contributed by atoms with Gasteiger partial charge < -0.3 is 20.4 Å². The Hall–Kier alpha value is -1.63. The molecule has 7 heteroatoms. The van der Waals surface area contributed by atoms with Crippen molar-refractivity contribution in [2.45, 2.75) is 45.7 Å². The SMILES string of the molecule is CC(C)NCc1nnc(N2CCC(CC(N)=O)CC2)o1. The van der Waals surface area contributed by atoms with Gasteiger partial charge in [0, 0.05) is 25.6 Å². The van der Waals surface area contributed by atoms with Crippen LogP contribution in [0.25, 0.3) is 0 Å². The fourth-order valence-electron chi connectivity index (χ4n) is 2.35. The van der Waals surface area contributed by atoms with E-state index < -0.39 is 0 Å². The largest absolute Gasteiger partial charge is 0.407 e. The van der Waals surface area contributed by atoms with Crippen LogP contribution in [0, 0.1) is 5.92 Å². The fraction of sp³-hybridized carbons (Fsp3) is 0.769. The van der Waals surface area contributed by atoms with E-state index in [0.29, 0.717) is 36.8 Å². The van der Waals surface area contributed by atoms with Gasteiger partial charge in [-0.05, 0) is 18.8 Å². The van der Waals surface area contributed by atoms with Gasteiger partial charge in [-0.3, -0.25) is 4.79 Å². The molecule has 20 heavy (non-hydrogen) atoms. The first kappa shape index (κ1) is 14.8. The number of anilines is 1. The summed E-state index contributed by atoms with van der Waals surface area (Å²) >= 11 is 0. The predicted molar refractivity (Wildman–Crippen MR) is 75.0 cm³/mol. The Morgan fingerprint density at radius 2 is 2.15 bits per heavy atom. The number of rotatable bonds is 6. The molecule has 0 saturated carbocycles. The second-order valence-electron chi connectivity index (χ2n) is 5.61. The number of carbonyl (C=O) groups is 1. The van der Waals surface area contributed by atoms with Crippen molar-refractivity contribution < 1.29 is 9.21 Å². The molecule has 1 amide bonds. The topological polar surface area (TPSA) is 97.3 Å². The molecule has 112 valence electrons. The van der Waals surface area contributed by atoms with Gasteiger partial charge in [0.05, 0.1) is 6.54 Å². The standard InChI is InChI=1S/C13H23N5O2/c1-9(2)15-8-12-16-17-13(20-12)18-5-3-10(4-6-18)7-11(14)19/h9-10,15H,3-8H2,1-2H3,(H2,14,19). The maximum Gasteiger partial charge on any atom is 0.318 e. The zero-order valence-electron chi connectivity index (χ0n) is 12.1. The van der Waals surface area contributed by atoms with Crippen LogP contribution in [0.4, 0.5) is 6.01 Å². The Morgan fingerprint density at radius 1 is 1.45 bits per heavy atom. The lowest BCUT2D eigenvalue weighted by Gasteiger charge is -2.29. The van der Waals surface area contributed by atoms with Crippen LogP contribution in [-0.2, 0) is 11.3 Å². The van der Waals surface area contributed by atoms with E-state index in [-0.39, 0.29) is 5.91 Å². The molecule has 1 aromatic rings. The number of nitrogens with one attached hydrogen (secondary N) is 1. The lowest BCUT2D eigenvalue weighted by Crippen LogP contribution is -2.35. The van der Waals surface area contributed by atoms with Gasteiger partial charge in [-0.1, -0.05) is 18.9 Å². The van der Waals surface area contributed by atoms with E-state index in [1.54, 1.807) is 0 Å². The van der Waals surface area contributed by atoms with Gasteiger partial charge in [-0.15, -0.1) is 5.10 Å². The lowest BCUT2D eigenvalue weighted by atomic mass is 9.93. The van der Waals surface area contributed by atoms with E-state index in [9.17, 15) is 4.79 Å². The highest BCUT2D eigenvalue weighted by Crippen LogP contribution is 2.24. The van der Waals surface area contributed by atoms with Gasteiger partial charge in [-0.2, -0.15) is 0 Å². The Labute approximate surface area is 118 Å². The number of nitrogens with zero attached hydrogens (tertiary/aromatic N) is 3. The highest BCUT2D eigenvalue weighted by molar-refractivity contribution is 5.74. The third-order valence-electron chi connectivity index (χ3n) is 3.49. The van der Waals surface area contributed by atoms with Gasteiger partial charge in [0.15, 0.2) is 0 Å². The van der Waals surface area contributed by atoms with Crippen molar-refractivity contribution >= 4 is 11.9 Å². The van der Waals surface area contributed by atoms with Crippen LogP contribution in [0.5, 0.6) is 0 Å². The Bertz CT molecular complexity index is 438. The lowest BCUT2D eigenvalue weighted by molar-refractivity contribution is -0.119. The molecule has 1 fully saturated rings. The van der Waals surface area contributed by atoms with Crippen molar-refractivity contribution in [3.63, 3.8) is 0 Å². The maximum absolute atomic E-state index is 10.9. The van der Waals surface area contributed by atoms with Crippen LogP contribution >= 0.6 is 0 Å². The molecule has 1 aromatic heterocycles. The van der Waals surface area contributed by atoms with Gasteiger partial charge in [0.1, 0.15) is 0 Å². The number of piperidine rings is 1. The first-order valence-corrected chi connectivity index (χ1v) is 7.13. The molecule has 1 aliphatic rings. The van der Waals surface area contributed by atoms with E-state index in [1.807, 2.05) is 0 Å². The van der Waals surface area contributed by atoms with E-state index in [0.717, 1.165) is 25.9 Å². The highest BCUT2D eigenvalue weighted by atomic mass is 16.4. The van der Waals surface area contributed by atoms with Crippen molar-refractivity contribution in [1.29, 1.82) is 0 Å². The molecule has 2 rings (SSSR count). The summed E-state index contributed by atoms with van der Waals surface area (Å²) in [4.78, 5) is 13.0. The summed E-state index contributed by atoms with van der Waals surface area (Å²) in [6.45, 7) is 6.39. The molecular formula is C13H23N5O2. The highest BCUT2D eigenvalue weighted by Gasteiger charge is 2.23. The Morgan fingerprint density at radius 3 is 2.75 bits per heavy atom. The van der Waals surface area contributed by atoms with Crippen LogP contribution in [0.15, 0.2) is 4.42 Å². The molecule has 7 nitrogen and oxygen atoms in total. The third-order valence-corrected chi connectivity index (χ3v) is 3.49. The van der Waals surface area contributed by atoms with Gasteiger partial charge in [0.2, 0.25) is 11.8 Å². The Balaban J connectivity index is 1.83. The number of hydrogen-bond donors (Lipinski definition) is 2. The number of primary amides is 1. The van der Waals surface area contributed by atoms with Crippen molar-refractivity contribution in [3.8, 4) is 0 Å². The minimum atomic E-state index is -0.219. The van der Waals surface area contributed by atoms with Gasteiger partial charge in [-0.25, -0.2) is 0 Å². The van der Waals surface area contributed by atoms with Crippen LogP contribution in [-0.4, -0.2) is 35.2 Å². The molecule has 0 spiro atoms. The molecular weight excluding hydrogens is 258 g/mol. The summed E-state index contributed by atoms with van der Waals surface area (Å²) in [7, 11) is 0. The van der Waals surface area contributed by atoms with Crippen LogP contribution in [0.1, 0.15) is 39.0 Å². The zero-order chi connectivity index (χ0) is 14.5. The summed E-state index contributed by atoms with van der Waals surface area (Å²) in [6.07, 6.45) is 2.34. The maximum atomic E-state index is 10.9. The first-order chi connectivity index (χ1) is 9.54. The first-order valence-electron chi connectivity index (χ1n) is 7.13. The number of amides is 1. The molecule has 3 N–H and O–H groups in total. The molecule has 0 aliphatic carbocycles. The average molecular weight is 281 g/mol. The van der Waals surface area contributed by atoms with Gasteiger partial charge in [0.25, 0.3) is 0 Å². The molecule has 0 bridgehead atoms. The quantitative estimate of drug-likeness (QED) is 0.795. The molecule has 0 atom stereocenters. The van der Waals surface area contributed by atoms with Crippen molar-refractivity contribution in [3.05, 3.63) is 5.89 Å². The minimum absolute atomic E-state index is 0.219. The predicted octanol–water partition coefficient (Wildman–Crippen LogP) is 0.659. The number of nitrogens with two attached hydrogens (primary N) is 1. The molecule has 1 saturated heterocycles. The van der Waals surface area contributed by atoms with Gasteiger partial charge >= 0.3 is 6.01 Å². The van der Waals surface area contributed by atoms with E-state index in [4.69, 9.17) is 10.2 Å². The van der Waals surface area contributed by atoms with Crippen LogP contribution in [0.2, 0.25) is 0 Å². The third kappa shape index (κ3) is 4.19. The number of carbonyl (C=O) groups excluding carboxylic acids is 1. The number of hydrogen-bond acceptors (Lipinski definition) is 6. The molecule has 2 heterocycles. The van der Waals surface area contributed by atoms with Crippen molar-refractivity contribution in [2.75, 3.05) is 18.0 Å². The number of aromatic nitrogens is 2. The van der Waals surface area contributed by atoms with Crippen molar-refractivity contribution in [1.82, 2.24) is 15.5 Å². The molecule has 0 unspecified atom stereocenters. The average Bonchev–Trinajstić information content (AvgIpc) is 2.85. The van der Waals surface area contributed by atoms with E-state index in [1.165, 1.54) is 0 Å². The summed E-state index contributed by atoms with van der Waals surface area (Å²) < 4.78 is 5.64. The van der Waals surface area contributed by atoms with Crippen LogP contribution in [0.3, 0.4) is 0 Å².